The average Bonchev–Trinajstić information content (AvgIpc) is 3.19. The molecule has 28 heavy (non-hydrogen) atoms. The molecule has 12 heteroatoms. The lowest BCUT2D eigenvalue weighted by Gasteiger charge is -2.11. The summed E-state index contributed by atoms with van der Waals surface area (Å²) >= 11 is 1.39. The predicted molar refractivity (Wildman–Crippen MR) is 106 cm³/mol. The van der Waals surface area contributed by atoms with Gasteiger partial charge in [-0.3, -0.25) is 19.9 Å². The number of aromatic nitrogens is 2. The molecule has 3 rings (SSSR count). The van der Waals surface area contributed by atoms with Crippen LogP contribution in [0.25, 0.3) is 16.2 Å². The first kappa shape index (κ1) is 19.1. The van der Waals surface area contributed by atoms with Crippen molar-refractivity contribution in [2.75, 3.05) is 14.2 Å². The molecule has 1 aromatic carbocycles. The Hall–Kier alpha value is -3.67. The van der Waals surface area contributed by atoms with Crippen LogP contribution >= 0.6 is 11.3 Å². The molecule has 3 aromatic rings. The van der Waals surface area contributed by atoms with E-state index in [4.69, 9.17) is 26.4 Å². The molecule has 0 aliphatic rings. The van der Waals surface area contributed by atoms with Gasteiger partial charge in [0, 0.05) is 22.7 Å². The maximum absolute atomic E-state index is 11.3. The molecular formula is C16H17N7O4S. The molecule has 2 aromatic heterocycles. The first-order valence-corrected chi connectivity index (χ1v) is 8.72. The highest BCUT2D eigenvalue weighted by molar-refractivity contribution is 7.15. The number of nitrogens with two attached hydrogens (primary N) is 2. The topological polar surface area (TPSA) is 167 Å². The smallest absolute Gasteiger partial charge is 0.314 e. The lowest BCUT2D eigenvalue weighted by molar-refractivity contribution is -0.385. The summed E-state index contributed by atoms with van der Waals surface area (Å²) < 4.78 is 12.3. The maximum Gasteiger partial charge on any atom is 0.314 e. The molecule has 0 radical (unpaired) electrons. The molecule has 0 spiro atoms. The Balaban J connectivity index is 2.38. The molecule has 0 aliphatic carbocycles. The molecule has 146 valence electrons. The number of nitrogens with zero attached hydrogens (tertiary/aromatic N) is 4. The van der Waals surface area contributed by atoms with Gasteiger partial charge in [-0.15, -0.1) is 11.3 Å². The fraction of sp³-hybridized carbons (Fsp3) is 0.188. The molecule has 5 N–H and O–H groups in total. The molecule has 0 saturated heterocycles. The van der Waals surface area contributed by atoms with Crippen molar-refractivity contribution in [3.8, 4) is 22.8 Å². The van der Waals surface area contributed by atoms with Gasteiger partial charge in [0.25, 0.3) is 0 Å². The Morgan fingerprint density at radius 2 is 2.00 bits per heavy atom. The van der Waals surface area contributed by atoms with Gasteiger partial charge in [-0.2, -0.15) is 4.99 Å². The monoisotopic (exact) mass is 403 g/mol. The number of imidazole rings is 1. The maximum atomic E-state index is 11.3. The van der Waals surface area contributed by atoms with Crippen LogP contribution in [-0.4, -0.2) is 40.3 Å². The van der Waals surface area contributed by atoms with Crippen molar-refractivity contribution in [2.24, 2.45) is 16.5 Å². The summed E-state index contributed by atoms with van der Waals surface area (Å²) in [6, 6.07) is 2.72. The van der Waals surface area contributed by atoms with Gasteiger partial charge in [0.1, 0.15) is 17.1 Å². The van der Waals surface area contributed by atoms with Gasteiger partial charge in [-0.1, -0.05) is 0 Å². The van der Waals surface area contributed by atoms with Crippen LogP contribution in [0.5, 0.6) is 11.5 Å². The number of aliphatic imine (C=N–C) groups is 1. The van der Waals surface area contributed by atoms with Crippen LogP contribution in [-0.2, 0) is 0 Å². The van der Waals surface area contributed by atoms with Gasteiger partial charge in [0.05, 0.1) is 25.2 Å². The third-order valence-electron chi connectivity index (χ3n) is 3.97. The molecule has 0 fully saturated rings. The number of nitro benzene ring substituents is 1. The molecule has 0 amide bonds. The van der Waals surface area contributed by atoms with Crippen LogP contribution in [0, 0.1) is 22.4 Å². The fourth-order valence-corrected chi connectivity index (χ4v) is 3.68. The summed E-state index contributed by atoms with van der Waals surface area (Å²) in [6.07, 6.45) is 0. The zero-order valence-corrected chi connectivity index (χ0v) is 16.0. The Morgan fingerprint density at radius 1 is 1.32 bits per heavy atom. The number of thiazole rings is 1. The minimum Gasteiger partial charge on any atom is -0.496 e. The van der Waals surface area contributed by atoms with E-state index in [1.54, 1.807) is 4.40 Å². The van der Waals surface area contributed by atoms with Crippen LogP contribution in [0.1, 0.15) is 11.4 Å². The third-order valence-corrected chi connectivity index (χ3v) is 4.91. The van der Waals surface area contributed by atoms with Crippen molar-refractivity contribution < 1.29 is 14.4 Å². The summed E-state index contributed by atoms with van der Waals surface area (Å²) in [6.45, 7) is 1.87. The number of benzene rings is 1. The second-order valence-electron chi connectivity index (χ2n) is 5.67. The standard InChI is InChI=1S/C16H17N7O4S/c1-7-6-28-16-20-12(13(22(7)16)14(17)21-15(18)19)8-4-11(27-3)9(23(24)25)5-10(8)26-2/h4-6H,1-3H3,(H5,17,18,19,21). The molecule has 2 heterocycles. The summed E-state index contributed by atoms with van der Waals surface area (Å²) in [5.74, 6) is -0.218. The predicted octanol–water partition coefficient (Wildman–Crippen LogP) is 1.90. The van der Waals surface area contributed by atoms with Gasteiger partial charge < -0.3 is 20.9 Å². The van der Waals surface area contributed by atoms with Gasteiger partial charge in [0.15, 0.2) is 16.5 Å². The van der Waals surface area contributed by atoms with Gasteiger partial charge >= 0.3 is 5.69 Å². The summed E-state index contributed by atoms with van der Waals surface area (Å²) in [4.78, 5) is 19.8. The van der Waals surface area contributed by atoms with Crippen molar-refractivity contribution >= 4 is 33.8 Å². The van der Waals surface area contributed by atoms with E-state index < -0.39 is 10.9 Å². The van der Waals surface area contributed by atoms with E-state index in [0.717, 1.165) is 5.69 Å². The van der Waals surface area contributed by atoms with Crippen molar-refractivity contribution in [2.45, 2.75) is 6.92 Å². The van der Waals surface area contributed by atoms with E-state index in [0.29, 0.717) is 21.9 Å². The number of nitrogens with one attached hydrogen (secondary N) is 1. The van der Waals surface area contributed by atoms with Crippen molar-refractivity contribution in [3.63, 3.8) is 0 Å². The second-order valence-corrected chi connectivity index (χ2v) is 6.50. The number of aryl methyl sites for hydroxylation is 1. The van der Waals surface area contributed by atoms with Crippen molar-refractivity contribution in [1.29, 1.82) is 5.41 Å². The van der Waals surface area contributed by atoms with E-state index in [2.05, 4.69) is 9.98 Å². The van der Waals surface area contributed by atoms with E-state index >= 15 is 0 Å². The first-order valence-electron chi connectivity index (χ1n) is 7.84. The van der Waals surface area contributed by atoms with Crippen LogP contribution in [0.3, 0.4) is 0 Å². The highest BCUT2D eigenvalue weighted by Crippen LogP contribution is 2.41. The number of amidine groups is 1. The zero-order valence-electron chi connectivity index (χ0n) is 15.2. The number of guanidine groups is 1. The van der Waals surface area contributed by atoms with Crippen LogP contribution < -0.4 is 20.9 Å². The zero-order chi connectivity index (χ0) is 20.6. The third kappa shape index (κ3) is 3.09. The normalized spacial score (nSPS) is 11.6. The Labute approximate surface area is 162 Å². The molecule has 0 unspecified atom stereocenters. The quantitative estimate of drug-likeness (QED) is 0.253. The number of nitro groups is 1. The molecular weight excluding hydrogens is 386 g/mol. The minimum atomic E-state index is -0.562. The molecule has 0 atom stereocenters. The van der Waals surface area contributed by atoms with Gasteiger partial charge in [0.2, 0.25) is 5.96 Å². The number of hydrogen-bond acceptors (Lipinski definition) is 7. The van der Waals surface area contributed by atoms with Crippen LogP contribution in [0.4, 0.5) is 5.69 Å². The fourth-order valence-electron chi connectivity index (χ4n) is 2.81. The molecule has 0 aliphatic heterocycles. The highest BCUT2D eigenvalue weighted by atomic mass is 32.1. The number of methoxy groups -OCH3 is 2. The van der Waals surface area contributed by atoms with Gasteiger partial charge in [-0.25, -0.2) is 4.98 Å². The lowest BCUT2D eigenvalue weighted by Crippen LogP contribution is -2.21. The van der Waals surface area contributed by atoms with Crippen molar-refractivity contribution in [3.05, 3.63) is 39.0 Å². The van der Waals surface area contributed by atoms with E-state index in [1.807, 2.05) is 12.3 Å². The van der Waals surface area contributed by atoms with E-state index in [1.165, 1.54) is 37.7 Å². The van der Waals surface area contributed by atoms with Crippen LogP contribution in [0.15, 0.2) is 22.5 Å². The average molecular weight is 403 g/mol. The van der Waals surface area contributed by atoms with Crippen LogP contribution in [0.2, 0.25) is 0 Å². The highest BCUT2D eigenvalue weighted by Gasteiger charge is 2.26. The Kier molecular flexibility index (Phi) is 4.88. The summed E-state index contributed by atoms with van der Waals surface area (Å²) in [7, 11) is 2.73. The van der Waals surface area contributed by atoms with Crippen molar-refractivity contribution in [1.82, 2.24) is 9.38 Å². The largest absolute Gasteiger partial charge is 0.496 e. The molecule has 0 saturated carbocycles. The van der Waals surface area contributed by atoms with E-state index in [9.17, 15) is 10.1 Å². The number of fused-ring (bicyclic) bond motifs is 1. The minimum absolute atomic E-state index is 0.0177. The molecule has 0 bridgehead atoms. The summed E-state index contributed by atoms with van der Waals surface area (Å²) in [5.41, 5.74) is 13.3. The molecule has 11 nitrogen and oxygen atoms in total. The van der Waals surface area contributed by atoms with E-state index in [-0.39, 0.29) is 23.0 Å². The Bertz CT molecular complexity index is 1130. The lowest BCUT2D eigenvalue weighted by atomic mass is 10.1. The number of rotatable bonds is 5. The summed E-state index contributed by atoms with van der Waals surface area (Å²) in [5, 5.41) is 20.6. The SMILES string of the molecule is COc1cc([N+](=O)[O-])c(OC)cc1-c1nc2scc(C)n2c1/C(N)=N/C(=N)N. The number of hydrogen-bond donors (Lipinski definition) is 3. The second kappa shape index (κ2) is 7.15. The Morgan fingerprint density at radius 3 is 2.57 bits per heavy atom. The number of ether oxygens (including phenoxy) is 2. The van der Waals surface area contributed by atoms with Gasteiger partial charge in [-0.05, 0) is 6.92 Å². The first-order chi connectivity index (χ1) is 13.3.